The number of unbranched alkanes of at least 4 members (excludes halogenated alkanes) is 8. The molecule has 0 fully saturated rings. The van der Waals surface area contributed by atoms with Gasteiger partial charge in [-0.05, 0) is 24.6 Å². The fourth-order valence-electron chi connectivity index (χ4n) is 2.42. The molecule has 0 saturated heterocycles. The summed E-state index contributed by atoms with van der Waals surface area (Å²) in [5.74, 6) is 0.0588. The van der Waals surface area contributed by atoms with Gasteiger partial charge in [-0.1, -0.05) is 64.4 Å². The number of benzene rings is 1. The van der Waals surface area contributed by atoms with E-state index in [1.54, 1.807) is 18.2 Å². The van der Waals surface area contributed by atoms with E-state index >= 15 is 0 Å². The molecule has 21 heavy (non-hydrogen) atoms. The zero-order valence-corrected chi connectivity index (χ0v) is 13.3. The van der Waals surface area contributed by atoms with E-state index in [1.807, 2.05) is 6.07 Å². The summed E-state index contributed by atoms with van der Waals surface area (Å²) in [6.07, 6.45) is 11.9. The molecule has 1 aromatic rings. The zero-order valence-electron chi connectivity index (χ0n) is 13.3. The molecule has 0 atom stereocenters. The van der Waals surface area contributed by atoms with E-state index in [4.69, 9.17) is 5.73 Å². The van der Waals surface area contributed by atoms with Gasteiger partial charge in [-0.3, -0.25) is 4.79 Å². The third-order valence-electron chi connectivity index (χ3n) is 3.65. The number of amides is 1. The number of hydrogen-bond acceptors (Lipinski definition) is 1. The molecule has 3 heteroatoms. The van der Waals surface area contributed by atoms with Crippen molar-refractivity contribution in [3.8, 4) is 0 Å². The quantitative estimate of drug-likeness (QED) is 0.540. The van der Waals surface area contributed by atoms with E-state index in [-0.39, 0.29) is 5.91 Å². The van der Waals surface area contributed by atoms with E-state index in [0.29, 0.717) is 12.1 Å². The molecule has 1 aromatic carbocycles. The van der Waals surface area contributed by atoms with Crippen molar-refractivity contribution < 1.29 is 4.79 Å². The SMILES string of the molecule is CCCCCCCCCCCC(=O)Nc1cccc([NH])c1. The number of hydrogen-bond donors (Lipinski definition) is 1. The molecule has 0 spiro atoms. The minimum absolute atomic E-state index is 0.0588. The van der Waals surface area contributed by atoms with Gasteiger partial charge in [0.15, 0.2) is 0 Å². The van der Waals surface area contributed by atoms with Gasteiger partial charge in [0.2, 0.25) is 5.91 Å². The van der Waals surface area contributed by atoms with Crippen LogP contribution in [0.2, 0.25) is 0 Å². The van der Waals surface area contributed by atoms with Crippen LogP contribution in [0.25, 0.3) is 0 Å². The lowest BCUT2D eigenvalue weighted by Crippen LogP contribution is -2.10. The fourth-order valence-corrected chi connectivity index (χ4v) is 2.42. The van der Waals surface area contributed by atoms with Gasteiger partial charge in [-0.25, -0.2) is 0 Å². The van der Waals surface area contributed by atoms with E-state index in [2.05, 4.69) is 12.2 Å². The lowest BCUT2D eigenvalue weighted by Gasteiger charge is -2.05. The summed E-state index contributed by atoms with van der Waals surface area (Å²) >= 11 is 0. The molecule has 0 saturated carbocycles. The topological polar surface area (TPSA) is 52.9 Å². The van der Waals surface area contributed by atoms with Crippen molar-refractivity contribution in [2.75, 3.05) is 5.32 Å². The Morgan fingerprint density at radius 2 is 1.62 bits per heavy atom. The summed E-state index contributed by atoms with van der Waals surface area (Å²) in [5, 5.41) is 2.85. The third kappa shape index (κ3) is 9.11. The van der Waals surface area contributed by atoms with Gasteiger partial charge < -0.3 is 11.1 Å². The molecule has 3 nitrogen and oxygen atoms in total. The molecular formula is C18H29N2O. The van der Waals surface area contributed by atoms with Crippen LogP contribution in [0.5, 0.6) is 0 Å². The molecule has 2 N–H and O–H groups in total. The first-order valence-corrected chi connectivity index (χ1v) is 8.34. The number of nitrogens with one attached hydrogen (secondary N) is 2. The highest BCUT2D eigenvalue weighted by Crippen LogP contribution is 2.14. The summed E-state index contributed by atoms with van der Waals surface area (Å²) < 4.78 is 0. The van der Waals surface area contributed by atoms with Crippen LogP contribution in [0, 0.1) is 0 Å². The van der Waals surface area contributed by atoms with Crippen LogP contribution in [0.15, 0.2) is 24.3 Å². The Morgan fingerprint density at radius 3 is 2.24 bits per heavy atom. The Labute approximate surface area is 129 Å². The molecule has 0 aliphatic heterocycles. The second-order valence-electron chi connectivity index (χ2n) is 5.71. The van der Waals surface area contributed by atoms with Crippen LogP contribution < -0.4 is 11.1 Å². The van der Waals surface area contributed by atoms with Crippen LogP contribution in [0.4, 0.5) is 11.4 Å². The van der Waals surface area contributed by atoms with Gasteiger partial charge in [-0.2, -0.15) is 0 Å². The first-order valence-electron chi connectivity index (χ1n) is 8.34. The Kier molecular flexibility index (Phi) is 9.34. The smallest absolute Gasteiger partial charge is 0.224 e. The maximum atomic E-state index is 11.8. The summed E-state index contributed by atoms with van der Waals surface area (Å²) in [6.45, 7) is 2.24. The molecule has 0 aliphatic rings. The minimum atomic E-state index is 0.0588. The van der Waals surface area contributed by atoms with Crippen molar-refractivity contribution >= 4 is 17.3 Å². The molecule has 0 unspecified atom stereocenters. The van der Waals surface area contributed by atoms with Crippen LogP contribution in [0.1, 0.15) is 71.1 Å². The lowest BCUT2D eigenvalue weighted by atomic mass is 10.1. The molecule has 0 aromatic heterocycles. The Hall–Kier alpha value is -1.51. The molecular weight excluding hydrogens is 260 g/mol. The van der Waals surface area contributed by atoms with Crippen LogP contribution in [-0.4, -0.2) is 5.91 Å². The first-order chi connectivity index (χ1) is 10.2. The summed E-state index contributed by atoms with van der Waals surface area (Å²) in [7, 11) is 0. The number of carbonyl (C=O) groups excluding carboxylic acids is 1. The van der Waals surface area contributed by atoms with Gasteiger partial charge in [-0.15, -0.1) is 0 Å². The highest BCUT2D eigenvalue weighted by molar-refractivity contribution is 5.91. The average Bonchev–Trinajstić information content (AvgIpc) is 2.45. The zero-order chi connectivity index (χ0) is 15.3. The average molecular weight is 289 g/mol. The first kappa shape index (κ1) is 17.5. The van der Waals surface area contributed by atoms with Gasteiger partial charge >= 0.3 is 0 Å². The molecule has 1 radical (unpaired) electrons. The third-order valence-corrected chi connectivity index (χ3v) is 3.65. The predicted molar refractivity (Wildman–Crippen MR) is 89.7 cm³/mol. The molecule has 0 heterocycles. The Bertz CT molecular complexity index is 404. The van der Waals surface area contributed by atoms with Crippen LogP contribution >= 0.6 is 0 Å². The van der Waals surface area contributed by atoms with Gasteiger partial charge in [0.1, 0.15) is 0 Å². The highest BCUT2D eigenvalue weighted by atomic mass is 16.1. The van der Waals surface area contributed by atoms with Crippen molar-refractivity contribution in [2.24, 2.45) is 0 Å². The fraction of sp³-hybridized carbons (Fsp3) is 0.611. The van der Waals surface area contributed by atoms with Crippen molar-refractivity contribution in [2.45, 2.75) is 71.1 Å². The molecule has 1 amide bonds. The summed E-state index contributed by atoms with van der Waals surface area (Å²) in [6, 6.07) is 6.99. The van der Waals surface area contributed by atoms with E-state index in [9.17, 15) is 4.79 Å². The van der Waals surface area contributed by atoms with E-state index < -0.39 is 0 Å². The molecule has 117 valence electrons. The summed E-state index contributed by atoms with van der Waals surface area (Å²) in [5.41, 5.74) is 8.66. The number of carbonyl (C=O) groups is 1. The Morgan fingerprint density at radius 1 is 1.00 bits per heavy atom. The predicted octanol–water partition coefficient (Wildman–Crippen LogP) is 5.46. The normalized spacial score (nSPS) is 10.5. The largest absolute Gasteiger partial charge is 0.326 e. The molecule has 0 bridgehead atoms. The number of rotatable bonds is 11. The number of anilines is 1. The molecule has 0 aliphatic carbocycles. The van der Waals surface area contributed by atoms with E-state index in [0.717, 1.165) is 18.5 Å². The monoisotopic (exact) mass is 289 g/mol. The van der Waals surface area contributed by atoms with Crippen molar-refractivity contribution in [3.63, 3.8) is 0 Å². The minimum Gasteiger partial charge on any atom is -0.326 e. The second kappa shape index (κ2) is 11.2. The van der Waals surface area contributed by atoms with Gasteiger partial charge in [0.05, 0.1) is 5.69 Å². The highest BCUT2D eigenvalue weighted by Gasteiger charge is 2.02. The Balaban J connectivity index is 1.99. The van der Waals surface area contributed by atoms with Gasteiger partial charge in [0, 0.05) is 12.1 Å². The van der Waals surface area contributed by atoms with Crippen molar-refractivity contribution in [3.05, 3.63) is 24.3 Å². The lowest BCUT2D eigenvalue weighted by molar-refractivity contribution is -0.116. The van der Waals surface area contributed by atoms with E-state index in [1.165, 1.54) is 44.9 Å². The van der Waals surface area contributed by atoms with Crippen LogP contribution in [0.3, 0.4) is 0 Å². The van der Waals surface area contributed by atoms with Crippen molar-refractivity contribution in [1.82, 2.24) is 5.73 Å². The summed E-state index contributed by atoms with van der Waals surface area (Å²) in [4.78, 5) is 11.8. The van der Waals surface area contributed by atoms with Gasteiger partial charge in [0.25, 0.3) is 0 Å². The second-order valence-corrected chi connectivity index (χ2v) is 5.71. The van der Waals surface area contributed by atoms with Crippen LogP contribution in [-0.2, 0) is 4.79 Å². The molecule has 1 rings (SSSR count). The van der Waals surface area contributed by atoms with Crippen molar-refractivity contribution in [1.29, 1.82) is 0 Å². The maximum Gasteiger partial charge on any atom is 0.224 e. The standard InChI is InChI=1S/C18H29N2O/c1-2-3-4-5-6-7-8-9-10-14-18(21)20-17-13-11-12-16(19)15-17/h11-13,15,19H,2-10,14H2,1H3,(H,20,21). The maximum absolute atomic E-state index is 11.8.